The van der Waals surface area contributed by atoms with Gasteiger partial charge in [0, 0.05) is 12.1 Å². The Balaban J connectivity index is 2.05. The highest BCUT2D eigenvalue weighted by Crippen LogP contribution is 2.30. The molecule has 6 nitrogen and oxygen atoms in total. The van der Waals surface area contributed by atoms with Crippen LogP contribution in [0.1, 0.15) is 15.2 Å². The summed E-state index contributed by atoms with van der Waals surface area (Å²) in [4.78, 5) is 29.7. The number of fused-ring (bicyclic) bond motifs is 1. The number of phenolic OH excluding ortho intramolecular Hbond substituents is 1. The van der Waals surface area contributed by atoms with Crippen molar-refractivity contribution < 1.29 is 9.90 Å². The molecule has 0 aliphatic heterocycles. The second kappa shape index (κ2) is 5.68. The van der Waals surface area contributed by atoms with Gasteiger partial charge in [-0.15, -0.1) is 11.3 Å². The van der Waals surface area contributed by atoms with E-state index >= 15 is 0 Å². The van der Waals surface area contributed by atoms with Gasteiger partial charge in [0.25, 0.3) is 11.5 Å². The number of aryl methyl sites for hydroxylation is 2. The number of thiophene rings is 1. The van der Waals surface area contributed by atoms with E-state index in [0.29, 0.717) is 25.7 Å². The molecular weight excluding hydrogens is 338 g/mol. The fourth-order valence-electron chi connectivity index (χ4n) is 2.21. The molecule has 0 atom stereocenters. The van der Waals surface area contributed by atoms with Crippen molar-refractivity contribution in [3.05, 3.63) is 50.3 Å². The first-order valence-corrected chi connectivity index (χ1v) is 7.82. The Morgan fingerprint density at radius 3 is 2.91 bits per heavy atom. The normalized spacial score (nSPS) is 10.9. The molecule has 2 heterocycles. The molecule has 0 unspecified atom stereocenters. The second-order valence-electron chi connectivity index (χ2n) is 5.01. The number of hydrogen-bond donors (Lipinski definition) is 2. The number of phenols is 1. The van der Waals surface area contributed by atoms with Crippen molar-refractivity contribution >= 4 is 44.7 Å². The average molecular weight is 350 g/mol. The van der Waals surface area contributed by atoms with Crippen LogP contribution in [0, 0.1) is 6.92 Å². The van der Waals surface area contributed by atoms with Crippen LogP contribution in [0.5, 0.6) is 5.75 Å². The number of hydrogen-bond acceptors (Lipinski definition) is 5. The van der Waals surface area contributed by atoms with Crippen molar-refractivity contribution in [3.8, 4) is 5.75 Å². The molecule has 0 aliphatic rings. The number of aromatic hydroxyl groups is 1. The van der Waals surface area contributed by atoms with Crippen LogP contribution in [0.2, 0.25) is 5.02 Å². The lowest BCUT2D eigenvalue weighted by molar-refractivity contribution is 0.102. The third kappa shape index (κ3) is 2.69. The second-order valence-corrected chi connectivity index (χ2v) is 6.45. The molecule has 0 saturated carbocycles. The van der Waals surface area contributed by atoms with Gasteiger partial charge in [-0.05, 0) is 30.7 Å². The van der Waals surface area contributed by atoms with Gasteiger partial charge >= 0.3 is 0 Å². The van der Waals surface area contributed by atoms with E-state index in [1.165, 1.54) is 29.1 Å². The monoisotopic (exact) mass is 349 g/mol. The number of nitrogens with zero attached hydrogens (tertiary/aromatic N) is 2. The molecule has 3 aromatic rings. The van der Waals surface area contributed by atoms with Gasteiger partial charge in [0.1, 0.15) is 10.6 Å². The van der Waals surface area contributed by atoms with Crippen LogP contribution in [0.25, 0.3) is 10.2 Å². The van der Waals surface area contributed by atoms with Crippen LogP contribution in [0.3, 0.4) is 0 Å². The van der Waals surface area contributed by atoms with Crippen LogP contribution >= 0.6 is 22.9 Å². The molecule has 3 rings (SSSR count). The number of carbonyl (C=O) groups is 1. The summed E-state index contributed by atoms with van der Waals surface area (Å²) in [5.74, 6) is -0.513. The highest BCUT2D eigenvalue weighted by atomic mass is 35.5. The molecule has 2 N–H and O–H groups in total. The van der Waals surface area contributed by atoms with Gasteiger partial charge in [0.05, 0.1) is 22.3 Å². The van der Waals surface area contributed by atoms with Gasteiger partial charge < -0.3 is 15.0 Å². The Labute approximate surface area is 140 Å². The number of amides is 1. The summed E-state index contributed by atoms with van der Waals surface area (Å²) in [5, 5.41) is 13.2. The Morgan fingerprint density at radius 1 is 1.43 bits per heavy atom. The van der Waals surface area contributed by atoms with Crippen LogP contribution in [0.15, 0.2) is 29.3 Å². The zero-order valence-corrected chi connectivity index (χ0v) is 13.8. The van der Waals surface area contributed by atoms with Crippen molar-refractivity contribution in [2.45, 2.75) is 6.92 Å². The van der Waals surface area contributed by atoms with E-state index in [2.05, 4.69) is 10.3 Å². The first-order valence-electron chi connectivity index (χ1n) is 6.63. The lowest BCUT2D eigenvalue weighted by Crippen LogP contribution is -2.17. The molecule has 0 saturated heterocycles. The van der Waals surface area contributed by atoms with Crippen molar-refractivity contribution in [3.63, 3.8) is 0 Å². The summed E-state index contributed by atoms with van der Waals surface area (Å²) >= 11 is 7.00. The molecule has 8 heteroatoms. The highest BCUT2D eigenvalue weighted by Gasteiger charge is 2.20. The van der Waals surface area contributed by atoms with Gasteiger partial charge in [0.2, 0.25) is 0 Å². The van der Waals surface area contributed by atoms with E-state index < -0.39 is 5.91 Å². The fraction of sp³-hybridized carbons (Fsp3) is 0.133. The summed E-state index contributed by atoms with van der Waals surface area (Å²) in [5.41, 5.74) is 0.575. The maximum atomic E-state index is 12.5. The first-order chi connectivity index (χ1) is 10.9. The van der Waals surface area contributed by atoms with Crippen LogP contribution in [0.4, 0.5) is 5.69 Å². The minimum atomic E-state index is -0.426. The van der Waals surface area contributed by atoms with Crippen LogP contribution in [-0.2, 0) is 7.05 Å². The zero-order chi connectivity index (χ0) is 16.7. The van der Waals surface area contributed by atoms with Crippen molar-refractivity contribution in [1.29, 1.82) is 0 Å². The third-order valence-electron chi connectivity index (χ3n) is 3.42. The molecule has 0 spiro atoms. The molecular formula is C15H12ClN3O3S. The van der Waals surface area contributed by atoms with Gasteiger partial charge in [-0.2, -0.15) is 0 Å². The lowest BCUT2D eigenvalue weighted by Gasteiger charge is -2.07. The van der Waals surface area contributed by atoms with Gasteiger partial charge in [0.15, 0.2) is 0 Å². The SMILES string of the molecule is Cc1c(C(=O)Nc2cc(Cl)ccc2O)sc2ncn(C)c(=O)c12. The smallest absolute Gasteiger partial charge is 0.266 e. The minimum absolute atomic E-state index is 0.0875. The largest absolute Gasteiger partial charge is 0.506 e. The number of rotatable bonds is 2. The Bertz CT molecular complexity index is 994. The van der Waals surface area contributed by atoms with Crippen molar-refractivity contribution in [2.24, 2.45) is 7.05 Å². The third-order valence-corrected chi connectivity index (χ3v) is 4.86. The van der Waals surface area contributed by atoms with Crippen LogP contribution in [-0.4, -0.2) is 20.6 Å². The molecule has 0 fully saturated rings. The lowest BCUT2D eigenvalue weighted by atomic mass is 10.2. The van der Waals surface area contributed by atoms with E-state index in [9.17, 15) is 14.7 Å². The Hall–Kier alpha value is -2.38. The Morgan fingerprint density at radius 2 is 2.17 bits per heavy atom. The highest BCUT2D eigenvalue weighted by molar-refractivity contribution is 7.20. The molecule has 23 heavy (non-hydrogen) atoms. The van der Waals surface area contributed by atoms with E-state index in [-0.39, 0.29) is 17.0 Å². The minimum Gasteiger partial charge on any atom is -0.506 e. The number of aromatic nitrogens is 2. The molecule has 118 valence electrons. The molecule has 0 aliphatic carbocycles. The van der Waals surface area contributed by atoms with Crippen LogP contribution < -0.4 is 10.9 Å². The molecule has 0 radical (unpaired) electrons. The summed E-state index contributed by atoms with van der Waals surface area (Å²) in [6, 6.07) is 4.37. The standard InChI is InChI=1S/C15H12ClN3O3S/c1-7-11-14(17-6-19(2)15(11)22)23-12(7)13(21)18-9-5-8(16)3-4-10(9)20/h3-6,20H,1-2H3,(H,18,21). The predicted octanol–water partition coefficient (Wildman–Crippen LogP) is 2.91. The van der Waals surface area contributed by atoms with E-state index in [4.69, 9.17) is 11.6 Å². The van der Waals surface area contributed by atoms with Crippen molar-refractivity contribution in [2.75, 3.05) is 5.32 Å². The Kier molecular flexibility index (Phi) is 3.83. The first kappa shape index (κ1) is 15.5. The quantitative estimate of drug-likeness (QED) is 0.697. The average Bonchev–Trinajstić information content (AvgIpc) is 2.84. The van der Waals surface area contributed by atoms with Gasteiger partial charge in [-0.1, -0.05) is 11.6 Å². The fourth-order valence-corrected chi connectivity index (χ4v) is 3.42. The van der Waals surface area contributed by atoms with E-state index in [1.54, 1.807) is 14.0 Å². The maximum absolute atomic E-state index is 12.5. The molecule has 0 bridgehead atoms. The molecule has 1 amide bonds. The summed E-state index contributed by atoms with van der Waals surface area (Å²) in [6.45, 7) is 1.70. The summed E-state index contributed by atoms with van der Waals surface area (Å²) in [6.07, 6.45) is 1.42. The maximum Gasteiger partial charge on any atom is 0.266 e. The van der Waals surface area contributed by atoms with E-state index in [1.807, 2.05) is 0 Å². The van der Waals surface area contributed by atoms with Gasteiger partial charge in [-0.3, -0.25) is 9.59 Å². The number of nitrogens with one attached hydrogen (secondary N) is 1. The number of halogens is 1. The number of benzene rings is 1. The summed E-state index contributed by atoms with van der Waals surface area (Å²) in [7, 11) is 1.61. The number of anilines is 1. The van der Waals surface area contributed by atoms with Gasteiger partial charge in [-0.25, -0.2) is 4.98 Å². The molecule has 1 aromatic carbocycles. The van der Waals surface area contributed by atoms with Crippen molar-refractivity contribution in [1.82, 2.24) is 9.55 Å². The number of carbonyl (C=O) groups excluding carboxylic acids is 1. The van der Waals surface area contributed by atoms with E-state index in [0.717, 1.165) is 11.3 Å². The summed E-state index contributed by atoms with van der Waals surface area (Å²) < 4.78 is 1.37. The molecule has 2 aromatic heterocycles. The topological polar surface area (TPSA) is 84.2 Å². The zero-order valence-electron chi connectivity index (χ0n) is 12.3. The predicted molar refractivity (Wildman–Crippen MR) is 90.7 cm³/mol.